The second-order valence-electron chi connectivity index (χ2n) is 5.47. The average molecular weight is 233 g/mol. The van der Waals surface area contributed by atoms with E-state index in [9.17, 15) is 0 Å². The van der Waals surface area contributed by atoms with Gasteiger partial charge in [-0.05, 0) is 36.8 Å². The Bertz CT molecular complexity index is 372. The highest BCUT2D eigenvalue weighted by molar-refractivity contribution is 5.39. The molecule has 1 aromatic rings. The van der Waals surface area contributed by atoms with E-state index in [-0.39, 0.29) is 5.54 Å². The molecular formula is C14H23N3. The third-order valence-corrected chi connectivity index (χ3v) is 4.01. The van der Waals surface area contributed by atoms with Crippen LogP contribution in [0.15, 0.2) is 18.3 Å². The summed E-state index contributed by atoms with van der Waals surface area (Å²) in [5.74, 6) is 1.77. The highest BCUT2D eigenvalue weighted by atomic mass is 15.1. The Morgan fingerprint density at radius 3 is 2.71 bits per heavy atom. The molecule has 0 amide bonds. The van der Waals surface area contributed by atoms with E-state index in [1.54, 1.807) is 0 Å². The third kappa shape index (κ3) is 2.44. The van der Waals surface area contributed by atoms with Crippen LogP contribution in [0, 0.1) is 5.92 Å². The summed E-state index contributed by atoms with van der Waals surface area (Å²) in [7, 11) is 4.01. The lowest BCUT2D eigenvalue weighted by Gasteiger charge is -2.25. The summed E-state index contributed by atoms with van der Waals surface area (Å²) < 4.78 is 0. The lowest BCUT2D eigenvalue weighted by atomic mass is 9.89. The molecule has 0 aliphatic heterocycles. The summed E-state index contributed by atoms with van der Waals surface area (Å²) in [4.78, 5) is 6.48. The van der Waals surface area contributed by atoms with Gasteiger partial charge in [0, 0.05) is 25.8 Å². The molecule has 94 valence electrons. The fraction of sp³-hybridized carbons (Fsp3) is 0.643. The van der Waals surface area contributed by atoms with Crippen molar-refractivity contribution < 1.29 is 0 Å². The maximum absolute atomic E-state index is 6.52. The van der Waals surface area contributed by atoms with Gasteiger partial charge in [-0.1, -0.05) is 19.4 Å². The van der Waals surface area contributed by atoms with Gasteiger partial charge in [0.05, 0.1) is 0 Å². The van der Waals surface area contributed by atoms with Gasteiger partial charge in [0.25, 0.3) is 0 Å². The molecule has 0 radical (unpaired) electrons. The Labute approximate surface area is 104 Å². The number of hydrogen-bond donors (Lipinski definition) is 1. The van der Waals surface area contributed by atoms with Crippen molar-refractivity contribution >= 4 is 5.82 Å². The predicted octanol–water partition coefficient (Wildman–Crippen LogP) is 2.51. The molecule has 0 aromatic carbocycles. The molecule has 3 heteroatoms. The number of anilines is 1. The van der Waals surface area contributed by atoms with Crippen molar-refractivity contribution in [2.45, 2.75) is 38.1 Å². The van der Waals surface area contributed by atoms with Crippen LogP contribution < -0.4 is 10.6 Å². The number of aromatic nitrogens is 1. The Hall–Kier alpha value is -1.09. The summed E-state index contributed by atoms with van der Waals surface area (Å²) >= 11 is 0. The van der Waals surface area contributed by atoms with Gasteiger partial charge in [-0.3, -0.25) is 0 Å². The van der Waals surface area contributed by atoms with Crippen LogP contribution in [-0.2, 0) is 5.54 Å². The molecule has 1 heterocycles. The van der Waals surface area contributed by atoms with Gasteiger partial charge in [0.1, 0.15) is 5.82 Å². The minimum absolute atomic E-state index is 0.140. The van der Waals surface area contributed by atoms with E-state index in [2.05, 4.69) is 24.0 Å². The molecule has 2 rings (SSSR count). The van der Waals surface area contributed by atoms with Crippen LogP contribution >= 0.6 is 0 Å². The minimum atomic E-state index is -0.140. The van der Waals surface area contributed by atoms with E-state index in [0.717, 1.165) is 24.6 Å². The van der Waals surface area contributed by atoms with Gasteiger partial charge >= 0.3 is 0 Å². The van der Waals surface area contributed by atoms with E-state index >= 15 is 0 Å². The smallest absolute Gasteiger partial charge is 0.127 e. The summed E-state index contributed by atoms with van der Waals surface area (Å²) in [6.45, 7) is 2.25. The van der Waals surface area contributed by atoms with Gasteiger partial charge in [0.15, 0.2) is 0 Å². The minimum Gasteiger partial charge on any atom is -0.363 e. The van der Waals surface area contributed by atoms with Crippen LogP contribution in [0.1, 0.15) is 38.2 Å². The first-order valence-electron chi connectivity index (χ1n) is 6.48. The quantitative estimate of drug-likeness (QED) is 0.872. The molecule has 2 atom stereocenters. The SMILES string of the molecule is CCC1CCC(N)(c2ccc(N(C)C)nc2)C1. The number of pyridine rings is 1. The Kier molecular flexibility index (Phi) is 3.38. The van der Waals surface area contributed by atoms with Gasteiger partial charge < -0.3 is 10.6 Å². The van der Waals surface area contributed by atoms with Crippen molar-refractivity contribution in [2.75, 3.05) is 19.0 Å². The van der Waals surface area contributed by atoms with Crippen LogP contribution in [0.4, 0.5) is 5.82 Å². The molecular weight excluding hydrogens is 210 g/mol. The first-order valence-corrected chi connectivity index (χ1v) is 6.48. The van der Waals surface area contributed by atoms with E-state index in [1.807, 2.05) is 25.2 Å². The molecule has 2 N–H and O–H groups in total. The number of hydrogen-bond acceptors (Lipinski definition) is 3. The van der Waals surface area contributed by atoms with Crippen LogP contribution in [-0.4, -0.2) is 19.1 Å². The molecule has 1 aromatic heterocycles. The van der Waals surface area contributed by atoms with Crippen molar-refractivity contribution in [3.8, 4) is 0 Å². The number of nitrogens with two attached hydrogens (primary N) is 1. The van der Waals surface area contributed by atoms with Gasteiger partial charge in [-0.15, -0.1) is 0 Å². The zero-order valence-corrected chi connectivity index (χ0v) is 11.1. The van der Waals surface area contributed by atoms with Crippen molar-refractivity contribution in [1.82, 2.24) is 4.98 Å². The van der Waals surface area contributed by atoms with Crippen LogP contribution in [0.25, 0.3) is 0 Å². The van der Waals surface area contributed by atoms with Gasteiger partial charge in [-0.25, -0.2) is 4.98 Å². The maximum Gasteiger partial charge on any atom is 0.127 e. The van der Waals surface area contributed by atoms with Crippen molar-refractivity contribution in [1.29, 1.82) is 0 Å². The number of rotatable bonds is 3. The second kappa shape index (κ2) is 4.65. The topological polar surface area (TPSA) is 42.1 Å². The van der Waals surface area contributed by atoms with Crippen LogP contribution in [0.3, 0.4) is 0 Å². The molecule has 1 aliphatic carbocycles. The van der Waals surface area contributed by atoms with E-state index in [4.69, 9.17) is 5.73 Å². The summed E-state index contributed by atoms with van der Waals surface area (Å²) in [6, 6.07) is 4.20. The standard InChI is InChI=1S/C14H23N3/c1-4-11-7-8-14(15,9-11)12-5-6-13(16-10-12)17(2)3/h5-6,10-11H,4,7-9,15H2,1-3H3. The van der Waals surface area contributed by atoms with Crippen LogP contribution in [0.2, 0.25) is 0 Å². The molecule has 1 saturated carbocycles. The summed E-state index contributed by atoms with van der Waals surface area (Å²) in [5.41, 5.74) is 7.57. The highest BCUT2D eigenvalue weighted by Crippen LogP contribution is 2.41. The largest absolute Gasteiger partial charge is 0.363 e. The van der Waals surface area contributed by atoms with Gasteiger partial charge in [0.2, 0.25) is 0 Å². The zero-order valence-electron chi connectivity index (χ0n) is 11.1. The van der Waals surface area contributed by atoms with E-state index in [0.29, 0.717) is 0 Å². The predicted molar refractivity (Wildman–Crippen MR) is 72.1 cm³/mol. The molecule has 1 aliphatic rings. The fourth-order valence-corrected chi connectivity index (χ4v) is 2.74. The van der Waals surface area contributed by atoms with E-state index < -0.39 is 0 Å². The number of nitrogens with zero attached hydrogens (tertiary/aromatic N) is 2. The van der Waals surface area contributed by atoms with Crippen molar-refractivity contribution in [2.24, 2.45) is 11.7 Å². The lowest BCUT2D eigenvalue weighted by Crippen LogP contribution is -2.33. The first-order chi connectivity index (χ1) is 8.05. The Morgan fingerprint density at radius 2 is 2.24 bits per heavy atom. The highest BCUT2D eigenvalue weighted by Gasteiger charge is 2.36. The molecule has 3 nitrogen and oxygen atoms in total. The van der Waals surface area contributed by atoms with Crippen molar-refractivity contribution in [3.63, 3.8) is 0 Å². The lowest BCUT2D eigenvalue weighted by molar-refractivity contribution is 0.423. The molecule has 2 unspecified atom stereocenters. The normalized spacial score (nSPS) is 28.4. The summed E-state index contributed by atoms with van der Waals surface area (Å²) in [5, 5.41) is 0. The van der Waals surface area contributed by atoms with Gasteiger partial charge in [-0.2, -0.15) is 0 Å². The second-order valence-corrected chi connectivity index (χ2v) is 5.47. The Morgan fingerprint density at radius 1 is 1.47 bits per heavy atom. The van der Waals surface area contributed by atoms with Crippen molar-refractivity contribution in [3.05, 3.63) is 23.9 Å². The molecule has 0 spiro atoms. The monoisotopic (exact) mass is 233 g/mol. The fourth-order valence-electron chi connectivity index (χ4n) is 2.74. The third-order valence-electron chi connectivity index (χ3n) is 4.01. The Balaban J connectivity index is 2.17. The molecule has 1 fully saturated rings. The van der Waals surface area contributed by atoms with Crippen LogP contribution in [0.5, 0.6) is 0 Å². The average Bonchev–Trinajstić information content (AvgIpc) is 2.73. The first kappa shape index (κ1) is 12.4. The molecule has 17 heavy (non-hydrogen) atoms. The molecule has 0 bridgehead atoms. The molecule has 0 saturated heterocycles. The maximum atomic E-state index is 6.52. The zero-order chi connectivity index (χ0) is 12.5. The summed E-state index contributed by atoms with van der Waals surface area (Å²) in [6.07, 6.45) is 6.64. The van der Waals surface area contributed by atoms with E-state index in [1.165, 1.54) is 18.4 Å².